The van der Waals surface area contributed by atoms with E-state index >= 15 is 0 Å². The largest absolute Gasteiger partial charge is 0.388 e. The van der Waals surface area contributed by atoms with Gasteiger partial charge in [0.1, 0.15) is 5.82 Å². The first-order valence-electron chi connectivity index (χ1n) is 5.42. The molecule has 0 saturated carbocycles. The molecule has 16 heavy (non-hydrogen) atoms. The number of hydrogen-bond acceptors (Lipinski definition) is 1. The minimum atomic E-state index is -0.494. The fourth-order valence-corrected chi connectivity index (χ4v) is 2.33. The lowest BCUT2D eigenvalue weighted by molar-refractivity contribution is 0.147. The Labute approximate surface area is 110 Å². The van der Waals surface area contributed by atoms with E-state index in [1.54, 1.807) is 6.07 Å². The SMILES string of the molecule is CC(C)(C)CCC(O)c1ccc(F)cc1I. The maximum absolute atomic E-state index is 12.9. The molecule has 0 bridgehead atoms. The van der Waals surface area contributed by atoms with Gasteiger partial charge in [-0.15, -0.1) is 0 Å². The maximum atomic E-state index is 12.9. The second-order valence-electron chi connectivity index (χ2n) is 5.28. The van der Waals surface area contributed by atoms with Gasteiger partial charge in [0.15, 0.2) is 0 Å². The summed E-state index contributed by atoms with van der Waals surface area (Å²) in [4.78, 5) is 0. The molecule has 1 rings (SSSR count). The van der Waals surface area contributed by atoms with Crippen LogP contribution < -0.4 is 0 Å². The molecule has 3 heteroatoms. The van der Waals surface area contributed by atoms with Crippen molar-refractivity contribution in [3.8, 4) is 0 Å². The first-order valence-corrected chi connectivity index (χ1v) is 6.50. The zero-order chi connectivity index (χ0) is 12.3. The Kier molecular flexibility index (Phi) is 4.73. The summed E-state index contributed by atoms with van der Waals surface area (Å²) in [6.07, 6.45) is 1.17. The van der Waals surface area contributed by atoms with Gasteiger partial charge in [0.2, 0.25) is 0 Å². The number of aliphatic hydroxyl groups excluding tert-OH is 1. The van der Waals surface area contributed by atoms with Gasteiger partial charge in [-0.25, -0.2) is 4.39 Å². The average Bonchev–Trinajstić information content (AvgIpc) is 2.13. The average molecular weight is 336 g/mol. The van der Waals surface area contributed by atoms with Gasteiger partial charge in [-0.1, -0.05) is 26.8 Å². The van der Waals surface area contributed by atoms with Gasteiger partial charge in [-0.05, 0) is 58.5 Å². The quantitative estimate of drug-likeness (QED) is 0.817. The van der Waals surface area contributed by atoms with Crippen molar-refractivity contribution >= 4 is 22.6 Å². The van der Waals surface area contributed by atoms with Crippen molar-refractivity contribution in [2.75, 3.05) is 0 Å². The predicted molar refractivity (Wildman–Crippen MR) is 72.8 cm³/mol. The second kappa shape index (κ2) is 5.45. The lowest BCUT2D eigenvalue weighted by atomic mass is 9.88. The molecule has 1 nitrogen and oxygen atoms in total. The minimum Gasteiger partial charge on any atom is -0.388 e. The fraction of sp³-hybridized carbons (Fsp3) is 0.538. The van der Waals surface area contributed by atoms with Crippen molar-refractivity contribution in [1.82, 2.24) is 0 Å². The summed E-state index contributed by atoms with van der Waals surface area (Å²) in [5.41, 5.74) is 1.04. The Balaban J connectivity index is 2.70. The van der Waals surface area contributed by atoms with Crippen LogP contribution in [0.4, 0.5) is 4.39 Å². The molecule has 0 amide bonds. The van der Waals surface area contributed by atoms with Gasteiger partial charge in [0.25, 0.3) is 0 Å². The molecular formula is C13H18FIO. The van der Waals surface area contributed by atoms with Crippen molar-refractivity contribution in [1.29, 1.82) is 0 Å². The van der Waals surface area contributed by atoms with Gasteiger partial charge < -0.3 is 5.11 Å². The number of hydrogen-bond donors (Lipinski definition) is 1. The number of benzene rings is 1. The molecule has 0 fully saturated rings. The first-order chi connectivity index (χ1) is 7.29. The van der Waals surface area contributed by atoms with Crippen LogP contribution in [0.2, 0.25) is 0 Å². The molecule has 0 spiro atoms. The van der Waals surface area contributed by atoms with E-state index < -0.39 is 6.10 Å². The lowest BCUT2D eigenvalue weighted by Gasteiger charge is -2.21. The summed E-state index contributed by atoms with van der Waals surface area (Å²) < 4.78 is 13.7. The van der Waals surface area contributed by atoms with E-state index in [2.05, 4.69) is 43.4 Å². The molecule has 1 atom stereocenters. The summed E-state index contributed by atoms with van der Waals surface area (Å²) in [5.74, 6) is -0.254. The lowest BCUT2D eigenvalue weighted by Crippen LogP contribution is -2.09. The highest BCUT2D eigenvalue weighted by molar-refractivity contribution is 14.1. The van der Waals surface area contributed by atoms with E-state index in [0.29, 0.717) is 6.42 Å². The standard InChI is InChI=1S/C13H18FIO/c1-13(2,3)7-6-12(16)10-5-4-9(14)8-11(10)15/h4-5,8,12,16H,6-7H2,1-3H3. The smallest absolute Gasteiger partial charge is 0.124 e. The molecular weight excluding hydrogens is 318 g/mol. The van der Waals surface area contributed by atoms with Crippen LogP contribution in [0.15, 0.2) is 18.2 Å². The van der Waals surface area contributed by atoms with Crippen LogP contribution in [0.1, 0.15) is 45.3 Å². The molecule has 0 aromatic heterocycles. The Morgan fingerprint density at radius 3 is 2.50 bits per heavy atom. The van der Waals surface area contributed by atoms with Crippen LogP contribution in [0.3, 0.4) is 0 Å². The van der Waals surface area contributed by atoms with Crippen molar-refractivity contribution in [3.63, 3.8) is 0 Å². The predicted octanol–water partition coefficient (Wildman–Crippen LogP) is 4.29. The highest BCUT2D eigenvalue weighted by Gasteiger charge is 2.16. The van der Waals surface area contributed by atoms with Crippen LogP contribution in [0.25, 0.3) is 0 Å². The topological polar surface area (TPSA) is 20.2 Å². The van der Waals surface area contributed by atoms with E-state index in [9.17, 15) is 9.50 Å². The molecule has 1 aromatic rings. The van der Waals surface area contributed by atoms with E-state index in [4.69, 9.17) is 0 Å². The summed E-state index contributed by atoms with van der Waals surface area (Å²) in [6, 6.07) is 4.53. The summed E-state index contributed by atoms with van der Waals surface area (Å²) in [5, 5.41) is 10.0. The molecule has 1 unspecified atom stereocenters. The van der Waals surface area contributed by atoms with Crippen LogP contribution in [0.5, 0.6) is 0 Å². The maximum Gasteiger partial charge on any atom is 0.124 e. The van der Waals surface area contributed by atoms with Gasteiger partial charge in [-0.3, -0.25) is 0 Å². The highest BCUT2D eigenvalue weighted by Crippen LogP contribution is 2.29. The van der Waals surface area contributed by atoms with Crippen LogP contribution in [0, 0.1) is 14.8 Å². The van der Waals surface area contributed by atoms with Crippen molar-refractivity contribution in [2.24, 2.45) is 5.41 Å². The third-order valence-corrected chi connectivity index (χ3v) is 3.42. The van der Waals surface area contributed by atoms with Crippen LogP contribution in [-0.2, 0) is 0 Å². The van der Waals surface area contributed by atoms with Gasteiger partial charge in [0, 0.05) is 3.57 Å². The fourth-order valence-electron chi connectivity index (χ4n) is 1.50. The van der Waals surface area contributed by atoms with Crippen molar-refractivity contribution in [3.05, 3.63) is 33.1 Å². The third-order valence-electron chi connectivity index (χ3n) is 2.49. The number of rotatable bonds is 3. The van der Waals surface area contributed by atoms with Crippen LogP contribution >= 0.6 is 22.6 Å². The van der Waals surface area contributed by atoms with Gasteiger partial charge in [-0.2, -0.15) is 0 Å². The normalized spacial score (nSPS) is 13.9. The van der Waals surface area contributed by atoms with Crippen molar-refractivity contribution < 1.29 is 9.50 Å². The Hall–Kier alpha value is -0.160. The molecule has 1 N–H and O–H groups in total. The number of aliphatic hydroxyl groups is 1. The van der Waals surface area contributed by atoms with Gasteiger partial charge >= 0.3 is 0 Å². The third kappa shape index (κ3) is 4.37. The Morgan fingerprint density at radius 1 is 1.38 bits per heavy atom. The zero-order valence-corrected chi connectivity index (χ0v) is 12.1. The molecule has 90 valence electrons. The van der Waals surface area contributed by atoms with E-state index in [0.717, 1.165) is 15.6 Å². The van der Waals surface area contributed by atoms with E-state index in [1.165, 1.54) is 12.1 Å². The molecule has 0 saturated heterocycles. The Morgan fingerprint density at radius 2 is 2.00 bits per heavy atom. The van der Waals surface area contributed by atoms with E-state index in [1.807, 2.05) is 0 Å². The summed E-state index contributed by atoms with van der Waals surface area (Å²) in [6.45, 7) is 6.44. The van der Waals surface area contributed by atoms with Crippen molar-refractivity contribution in [2.45, 2.75) is 39.7 Å². The monoisotopic (exact) mass is 336 g/mol. The highest BCUT2D eigenvalue weighted by atomic mass is 127. The second-order valence-corrected chi connectivity index (χ2v) is 6.44. The number of halogens is 2. The molecule has 0 heterocycles. The van der Waals surface area contributed by atoms with Crippen LogP contribution in [-0.4, -0.2) is 5.11 Å². The molecule has 1 aromatic carbocycles. The summed E-state index contributed by atoms with van der Waals surface area (Å²) in [7, 11) is 0. The van der Waals surface area contributed by atoms with Gasteiger partial charge in [0.05, 0.1) is 6.10 Å². The summed E-state index contributed by atoms with van der Waals surface area (Å²) >= 11 is 2.06. The zero-order valence-electron chi connectivity index (χ0n) is 9.93. The molecule has 0 aliphatic carbocycles. The van der Waals surface area contributed by atoms with E-state index in [-0.39, 0.29) is 11.2 Å². The molecule has 0 aliphatic heterocycles. The molecule has 0 aliphatic rings. The molecule has 0 radical (unpaired) electrons. The first kappa shape index (κ1) is 13.9. The minimum absolute atomic E-state index is 0.215. The Bertz CT molecular complexity index is 357.